The highest BCUT2D eigenvalue weighted by molar-refractivity contribution is 6.31. The van der Waals surface area contributed by atoms with Crippen molar-refractivity contribution in [3.05, 3.63) is 121 Å². The van der Waals surface area contributed by atoms with Crippen LogP contribution in [0.2, 0.25) is 5.02 Å². The topological polar surface area (TPSA) is 87.5 Å². The van der Waals surface area contributed by atoms with E-state index in [2.05, 4.69) is 5.32 Å². The van der Waals surface area contributed by atoms with Gasteiger partial charge in [0, 0.05) is 47.4 Å². The van der Waals surface area contributed by atoms with Crippen molar-refractivity contribution >= 4 is 29.4 Å². The lowest BCUT2D eigenvalue weighted by molar-refractivity contribution is -0.137. The standard InChI is InChI=1S/C34H31ClF5N5O3/c1-18-15-26-28(17-44(18)31(47)22-9-14-27(35)25(16-22)29(36)37)42-33(43(4)19(2)20-5-10-23(11-6-20)34(38,39)40)45(32(26)48)24-12-7-21(8-13-24)30(46)41-3/h5-14,16,18-19,29H,15,17H2,1-4H3,(H,41,46)/t18-,19+/m1/s1. The van der Waals surface area contributed by atoms with E-state index in [0.717, 1.165) is 18.2 Å². The van der Waals surface area contributed by atoms with Gasteiger partial charge in [-0.2, -0.15) is 13.2 Å². The molecule has 8 nitrogen and oxygen atoms in total. The number of carbonyl (C=O) groups is 2. The normalized spacial score (nSPS) is 15.2. The molecule has 2 amide bonds. The Labute approximate surface area is 277 Å². The van der Waals surface area contributed by atoms with E-state index in [1.807, 2.05) is 0 Å². The predicted molar refractivity (Wildman–Crippen MR) is 171 cm³/mol. The number of benzene rings is 3. The lowest BCUT2D eigenvalue weighted by Crippen LogP contribution is -2.46. The molecule has 1 aliphatic heterocycles. The Bertz CT molecular complexity index is 1910. The fraction of sp³-hybridized carbons (Fsp3) is 0.294. The van der Waals surface area contributed by atoms with E-state index < -0.39 is 47.3 Å². The highest BCUT2D eigenvalue weighted by Crippen LogP contribution is 2.33. The van der Waals surface area contributed by atoms with Crippen molar-refractivity contribution in [2.45, 2.75) is 51.5 Å². The number of fused-ring (bicyclic) bond motifs is 1. The highest BCUT2D eigenvalue weighted by atomic mass is 35.5. The molecule has 2 heterocycles. The third-order valence-electron chi connectivity index (χ3n) is 8.57. The van der Waals surface area contributed by atoms with Crippen molar-refractivity contribution in [2.24, 2.45) is 0 Å². The molecule has 3 aromatic carbocycles. The van der Waals surface area contributed by atoms with Crippen molar-refractivity contribution in [1.82, 2.24) is 19.8 Å². The lowest BCUT2D eigenvalue weighted by Gasteiger charge is -2.36. The number of hydrogen-bond acceptors (Lipinski definition) is 5. The Morgan fingerprint density at radius 3 is 2.23 bits per heavy atom. The maximum Gasteiger partial charge on any atom is 0.416 e. The number of nitrogens with one attached hydrogen (secondary N) is 1. The van der Waals surface area contributed by atoms with Crippen molar-refractivity contribution < 1.29 is 31.5 Å². The van der Waals surface area contributed by atoms with Crippen LogP contribution >= 0.6 is 11.6 Å². The average Bonchev–Trinajstić information content (AvgIpc) is 3.06. The number of halogens is 6. The van der Waals surface area contributed by atoms with Gasteiger partial charge in [0.1, 0.15) is 0 Å². The van der Waals surface area contributed by atoms with Gasteiger partial charge in [-0.15, -0.1) is 0 Å². The van der Waals surface area contributed by atoms with E-state index >= 15 is 0 Å². The van der Waals surface area contributed by atoms with Gasteiger partial charge >= 0.3 is 6.18 Å². The Kier molecular flexibility index (Phi) is 9.63. The first-order chi connectivity index (χ1) is 22.6. The summed E-state index contributed by atoms with van der Waals surface area (Å²) in [6.45, 7) is 3.37. The number of rotatable bonds is 7. The Morgan fingerprint density at radius 2 is 1.65 bits per heavy atom. The van der Waals surface area contributed by atoms with Crippen LogP contribution < -0.4 is 15.8 Å². The molecule has 48 heavy (non-hydrogen) atoms. The van der Waals surface area contributed by atoms with Crippen LogP contribution in [-0.2, 0) is 19.1 Å². The van der Waals surface area contributed by atoms with Gasteiger partial charge in [0.2, 0.25) is 5.95 Å². The van der Waals surface area contributed by atoms with Gasteiger partial charge < -0.3 is 15.1 Å². The summed E-state index contributed by atoms with van der Waals surface area (Å²) in [6.07, 6.45) is -7.29. The van der Waals surface area contributed by atoms with Gasteiger partial charge in [-0.3, -0.25) is 14.4 Å². The molecular weight excluding hydrogens is 657 g/mol. The number of nitrogens with zero attached hydrogens (tertiary/aromatic N) is 4. The second-order valence-corrected chi connectivity index (χ2v) is 11.9. The van der Waals surface area contributed by atoms with Gasteiger partial charge in [-0.1, -0.05) is 23.7 Å². The third-order valence-corrected chi connectivity index (χ3v) is 8.91. The minimum Gasteiger partial charge on any atom is -0.355 e. The van der Waals surface area contributed by atoms with E-state index in [1.165, 1.54) is 40.8 Å². The molecule has 1 aliphatic rings. The van der Waals surface area contributed by atoms with E-state index in [9.17, 15) is 36.3 Å². The molecule has 0 spiro atoms. The van der Waals surface area contributed by atoms with Gasteiger partial charge in [0.05, 0.1) is 29.5 Å². The molecular formula is C34H31ClF5N5O3. The minimum absolute atomic E-state index is 0.00261. The second kappa shape index (κ2) is 13.4. The molecule has 0 saturated carbocycles. The fourth-order valence-electron chi connectivity index (χ4n) is 5.65. The molecule has 252 valence electrons. The fourth-order valence-corrected chi connectivity index (χ4v) is 5.85. The molecule has 0 radical (unpaired) electrons. The van der Waals surface area contributed by atoms with Crippen molar-refractivity contribution in [3.63, 3.8) is 0 Å². The summed E-state index contributed by atoms with van der Waals surface area (Å²) in [4.78, 5) is 48.0. The van der Waals surface area contributed by atoms with Crippen LogP contribution in [0.5, 0.6) is 0 Å². The highest BCUT2D eigenvalue weighted by Gasteiger charge is 2.34. The van der Waals surface area contributed by atoms with Crippen LogP contribution in [0.15, 0.2) is 71.5 Å². The zero-order valence-corrected chi connectivity index (χ0v) is 27.0. The first-order valence-corrected chi connectivity index (χ1v) is 15.3. The van der Waals surface area contributed by atoms with Crippen LogP contribution in [0.3, 0.4) is 0 Å². The average molecular weight is 688 g/mol. The number of anilines is 1. The first kappa shape index (κ1) is 34.6. The largest absolute Gasteiger partial charge is 0.416 e. The summed E-state index contributed by atoms with van der Waals surface area (Å²) in [7, 11) is 3.13. The molecule has 2 atom stereocenters. The quantitative estimate of drug-likeness (QED) is 0.212. The third kappa shape index (κ3) is 6.64. The first-order valence-electron chi connectivity index (χ1n) is 14.9. The molecule has 0 fully saturated rings. The molecule has 1 aromatic heterocycles. The molecule has 4 aromatic rings. The molecule has 0 bridgehead atoms. The predicted octanol–water partition coefficient (Wildman–Crippen LogP) is 6.99. The summed E-state index contributed by atoms with van der Waals surface area (Å²) in [5.74, 6) is -0.742. The molecule has 0 aliphatic carbocycles. The summed E-state index contributed by atoms with van der Waals surface area (Å²) in [5.41, 5.74) is 0.173. The number of carbonyl (C=O) groups excluding carboxylic acids is 2. The van der Waals surface area contributed by atoms with Crippen LogP contribution in [0, 0.1) is 0 Å². The Hall–Kier alpha value is -4.78. The van der Waals surface area contributed by atoms with Gasteiger partial charge in [-0.05, 0) is 80.4 Å². The van der Waals surface area contributed by atoms with Crippen molar-refractivity contribution in [1.29, 1.82) is 0 Å². The number of aromatic nitrogens is 2. The Balaban J connectivity index is 1.60. The van der Waals surface area contributed by atoms with Crippen LogP contribution in [0.4, 0.5) is 27.9 Å². The summed E-state index contributed by atoms with van der Waals surface area (Å²) < 4.78 is 68.2. The van der Waals surface area contributed by atoms with E-state index in [-0.39, 0.29) is 41.1 Å². The number of alkyl halides is 5. The van der Waals surface area contributed by atoms with Gasteiger partial charge in [-0.25, -0.2) is 18.3 Å². The molecule has 1 N–H and O–H groups in total. The maximum absolute atomic E-state index is 14.3. The summed E-state index contributed by atoms with van der Waals surface area (Å²) >= 11 is 5.91. The minimum atomic E-state index is -4.51. The van der Waals surface area contributed by atoms with Crippen LogP contribution in [0.1, 0.15) is 75.0 Å². The zero-order chi connectivity index (χ0) is 35.1. The smallest absolute Gasteiger partial charge is 0.355 e. The van der Waals surface area contributed by atoms with Crippen LogP contribution in [-0.4, -0.2) is 46.4 Å². The molecule has 14 heteroatoms. The van der Waals surface area contributed by atoms with E-state index in [4.69, 9.17) is 16.6 Å². The monoisotopic (exact) mass is 687 g/mol. The lowest BCUT2D eigenvalue weighted by atomic mass is 9.98. The van der Waals surface area contributed by atoms with Gasteiger partial charge in [0.15, 0.2) is 0 Å². The molecule has 5 rings (SSSR count). The van der Waals surface area contributed by atoms with Crippen molar-refractivity contribution in [2.75, 3.05) is 19.0 Å². The van der Waals surface area contributed by atoms with Gasteiger partial charge in [0.25, 0.3) is 23.8 Å². The maximum atomic E-state index is 14.3. The van der Waals surface area contributed by atoms with Crippen molar-refractivity contribution in [3.8, 4) is 5.69 Å². The van der Waals surface area contributed by atoms with E-state index in [0.29, 0.717) is 22.4 Å². The summed E-state index contributed by atoms with van der Waals surface area (Å²) in [6, 6.07) is 13.5. The molecule has 0 saturated heterocycles. The van der Waals surface area contributed by atoms with E-state index in [1.54, 1.807) is 50.1 Å². The van der Waals surface area contributed by atoms with Crippen LogP contribution in [0.25, 0.3) is 5.69 Å². The number of amides is 2. The number of hydrogen-bond donors (Lipinski definition) is 1. The zero-order valence-electron chi connectivity index (χ0n) is 26.3. The Morgan fingerprint density at radius 1 is 1.02 bits per heavy atom. The second-order valence-electron chi connectivity index (χ2n) is 11.5. The summed E-state index contributed by atoms with van der Waals surface area (Å²) in [5, 5.41) is 2.37. The SMILES string of the molecule is CNC(=O)c1ccc(-n2c(N(C)[C@@H](C)c3ccc(C(F)(F)F)cc3)nc3c(c2=O)C[C@@H](C)N(C(=O)c2ccc(Cl)c(C(F)F)c2)C3)cc1. The molecule has 0 unspecified atom stereocenters.